The largest absolute Gasteiger partial charge is 0.476 e. The number of hydrogen-bond acceptors (Lipinski definition) is 5. The van der Waals surface area contributed by atoms with Crippen LogP contribution in [0.3, 0.4) is 0 Å². The number of pyridine rings is 1. The molecule has 0 N–H and O–H groups in total. The molecule has 1 aliphatic heterocycles. The van der Waals surface area contributed by atoms with Crippen molar-refractivity contribution in [1.82, 2.24) is 9.88 Å². The van der Waals surface area contributed by atoms with Gasteiger partial charge in [0.15, 0.2) is 0 Å². The Labute approximate surface area is 148 Å². The van der Waals surface area contributed by atoms with Gasteiger partial charge in [0.2, 0.25) is 5.88 Å². The Morgan fingerprint density at radius 3 is 2.48 bits per heavy atom. The molecule has 25 heavy (non-hydrogen) atoms. The van der Waals surface area contributed by atoms with Crippen LogP contribution < -0.4 is 4.74 Å². The highest BCUT2D eigenvalue weighted by atomic mass is 16.5. The molecule has 0 saturated carbocycles. The molecular weight excluding hydrogens is 316 g/mol. The average Bonchev–Trinajstić information content (AvgIpc) is 2.63. The third-order valence-corrected chi connectivity index (χ3v) is 4.24. The Morgan fingerprint density at radius 2 is 1.84 bits per heavy atom. The van der Waals surface area contributed by atoms with Gasteiger partial charge in [0.05, 0.1) is 13.2 Å². The number of aromatic nitrogens is 1. The first kappa shape index (κ1) is 17.6. The van der Waals surface area contributed by atoms with Crippen LogP contribution in [0.4, 0.5) is 0 Å². The number of carbonyl (C=O) groups excluding carboxylic acids is 1. The molecule has 5 heteroatoms. The van der Waals surface area contributed by atoms with Gasteiger partial charge in [-0.3, -0.25) is 9.69 Å². The predicted octanol–water partition coefficient (Wildman–Crippen LogP) is 2.59. The van der Waals surface area contributed by atoms with Crippen molar-refractivity contribution in [2.45, 2.75) is 13.3 Å². The minimum atomic E-state index is 0.174. The molecular formula is C20H24N2O3. The minimum Gasteiger partial charge on any atom is -0.476 e. The Hall–Kier alpha value is -2.24. The lowest BCUT2D eigenvalue weighted by Gasteiger charge is -2.26. The summed E-state index contributed by atoms with van der Waals surface area (Å²) in [5, 5.41) is 0. The van der Waals surface area contributed by atoms with Crippen LogP contribution in [0, 0.1) is 0 Å². The zero-order chi connectivity index (χ0) is 17.5. The summed E-state index contributed by atoms with van der Waals surface area (Å²) in [5.41, 5.74) is 3.15. The van der Waals surface area contributed by atoms with Gasteiger partial charge in [-0.15, -0.1) is 0 Å². The molecule has 0 amide bonds. The number of rotatable bonds is 7. The molecule has 1 aromatic carbocycles. The number of Topliss-reactive ketones (excluding diaryl/α,β-unsaturated/α-hetero) is 1. The van der Waals surface area contributed by atoms with E-state index in [0.29, 0.717) is 18.9 Å². The number of morpholine rings is 1. The monoisotopic (exact) mass is 340 g/mol. The Morgan fingerprint density at radius 1 is 1.12 bits per heavy atom. The molecule has 132 valence electrons. The van der Waals surface area contributed by atoms with Gasteiger partial charge < -0.3 is 9.47 Å². The van der Waals surface area contributed by atoms with Crippen molar-refractivity contribution in [1.29, 1.82) is 0 Å². The fourth-order valence-electron chi connectivity index (χ4n) is 2.84. The van der Waals surface area contributed by atoms with Crippen molar-refractivity contribution in [3.8, 4) is 17.0 Å². The van der Waals surface area contributed by atoms with Crippen LogP contribution in [0.25, 0.3) is 11.1 Å². The number of ether oxygens (including phenoxy) is 2. The van der Waals surface area contributed by atoms with Crippen molar-refractivity contribution >= 4 is 5.78 Å². The van der Waals surface area contributed by atoms with E-state index < -0.39 is 0 Å². The van der Waals surface area contributed by atoms with Crippen molar-refractivity contribution in [2.75, 3.05) is 39.5 Å². The van der Waals surface area contributed by atoms with Crippen LogP contribution in [0.2, 0.25) is 0 Å². The molecule has 1 aliphatic rings. The maximum Gasteiger partial charge on any atom is 0.213 e. The lowest BCUT2D eigenvalue weighted by atomic mass is 10.0. The number of nitrogens with zero attached hydrogens (tertiary/aromatic N) is 2. The lowest BCUT2D eigenvalue weighted by molar-refractivity contribution is -0.116. The number of hydrogen-bond donors (Lipinski definition) is 0. The highest BCUT2D eigenvalue weighted by Gasteiger charge is 2.10. The molecule has 0 bridgehead atoms. The number of ketones is 1. The molecule has 1 saturated heterocycles. The molecule has 0 atom stereocenters. The molecule has 2 heterocycles. The first-order valence-electron chi connectivity index (χ1n) is 8.68. The highest BCUT2D eigenvalue weighted by Crippen LogP contribution is 2.21. The average molecular weight is 340 g/mol. The fraction of sp³-hybridized carbons (Fsp3) is 0.400. The molecule has 0 unspecified atom stereocenters. The predicted molar refractivity (Wildman–Crippen MR) is 96.8 cm³/mol. The summed E-state index contributed by atoms with van der Waals surface area (Å²) in [6.07, 6.45) is 2.30. The molecule has 2 aromatic rings. The lowest BCUT2D eigenvalue weighted by Crippen LogP contribution is -2.38. The second-order valence-electron chi connectivity index (χ2n) is 6.26. The summed E-state index contributed by atoms with van der Waals surface area (Å²) < 4.78 is 11.1. The molecule has 3 rings (SSSR count). The van der Waals surface area contributed by atoms with Crippen molar-refractivity contribution in [3.63, 3.8) is 0 Å². The van der Waals surface area contributed by atoms with Gasteiger partial charge >= 0.3 is 0 Å². The van der Waals surface area contributed by atoms with Crippen molar-refractivity contribution in [2.24, 2.45) is 0 Å². The van der Waals surface area contributed by atoms with Crippen molar-refractivity contribution < 1.29 is 14.3 Å². The van der Waals surface area contributed by atoms with E-state index in [1.165, 1.54) is 0 Å². The van der Waals surface area contributed by atoms with E-state index in [-0.39, 0.29) is 5.78 Å². The Balaban J connectivity index is 1.51. The summed E-state index contributed by atoms with van der Waals surface area (Å²) in [6.45, 7) is 6.67. The van der Waals surface area contributed by atoms with E-state index in [1.54, 1.807) is 6.92 Å². The van der Waals surface area contributed by atoms with Crippen LogP contribution in [0.5, 0.6) is 5.88 Å². The van der Waals surface area contributed by atoms with E-state index in [4.69, 9.17) is 9.47 Å². The maximum atomic E-state index is 11.2. The molecule has 0 aliphatic carbocycles. The van der Waals surface area contributed by atoms with E-state index in [1.807, 2.05) is 42.6 Å². The van der Waals surface area contributed by atoms with Crippen LogP contribution in [-0.2, 0) is 16.0 Å². The summed E-state index contributed by atoms with van der Waals surface area (Å²) >= 11 is 0. The SMILES string of the molecule is CC(=O)Cc1ccc(-c2ccc(OCCN3CCOCC3)nc2)cc1. The van der Waals surface area contributed by atoms with Gasteiger partial charge in [-0.1, -0.05) is 24.3 Å². The minimum absolute atomic E-state index is 0.174. The molecule has 1 aromatic heterocycles. The third kappa shape index (κ3) is 5.37. The van der Waals surface area contributed by atoms with Crippen LogP contribution in [-0.4, -0.2) is 55.1 Å². The quantitative estimate of drug-likeness (QED) is 0.775. The maximum absolute atomic E-state index is 11.2. The smallest absolute Gasteiger partial charge is 0.213 e. The van der Waals surface area contributed by atoms with E-state index in [9.17, 15) is 4.79 Å². The topological polar surface area (TPSA) is 51.7 Å². The van der Waals surface area contributed by atoms with Crippen LogP contribution >= 0.6 is 0 Å². The van der Waals surface area contributed by atoms with Crippen LogP contribution in [0.1, 0.15) is 12.5 Å². The summed E-state index contributed by atoms with van der Waals surface area (Å²) in [6, 6.07) is 11.9. The van der Waals surface area contributed by atoms with Gasteiger partial charge in [-0.25, -0.2) is 4.98 Å². The summed E-state index contributed by atoms with van der Waals surface area (Å²) in [4.78, 5) is 17.9. The zero-order valence-corrected chi connectivity index (χ0v) is 14.6. The second kappa shape index (κ2) is 8.74. The third-order valence-electron chi connectivity index (χ3n) is 4.24. The van der Waals surface area contributed by atoms with Gasteiger partial charge in [-0.05, 0) is 24.1 Å². The van der Waals surface area contributed by atoms with Gasteiger partial charge in [0.1, 0.15) is 12.4 Å². The summed E-state index contributed by atoms with van der Waals surface area (Å²) in [5.74, 6) is 0.818. The first-order chi connectivity index (χ1) is 12.2. The fourth-order valence-corrected chi connectivity index (χ4v) is 2.84. The summed E-state index contributed by atoms with van der Waals surface area (Å²) in [7, 11) is 0. The standard InChI is InChI=1S/C20H24N2O3/c1-16(23)14-17-2-4-18(5-3-17)19-6-7-20(21-15-19)25-13-10-22-8-11-24-12-9-22/h2-7,15H,8-14H2,1H3. The van der Waals surface area contributed by atoms with Gasteiger partial charge in [-0.2, -0.15) is 0 Å². The van der Waals surface area contributed by atoms with E-state index >= 15 is 0 Å². The highest BCUT2D eigenvalue weighted by molar-refractivity contribution is 5.78. The van der Waals surface area contributed by atoms with Crippen LogP contribution in [0.15, 0.2) is 42.6 Å². The molecule has 0 radical (unpaired) electrons. The zero-order valence-electron chi connectivity index (χ0n) is 14.6. The Kier molecular flexibility index (Phi) is 6.14. The molecule has 5 nitrogen and oxygen atoms in total. The van der Waals surface area contributed by atoms with Crippen molar-refractivity contribution in [3.05, 3.63) is 48.2 Å². The number of benzene rings is 1. The normalized spacial score (nSPS) is 15.1. The number of carbonyl (C=O) groups is 1. The Bertz CT molecular complexity index is 677. The first-order valence-corrected chi connectivity index (χ1v) is 8.68. The van der Waals surface area contributed by atoms with Gasteiger partial charge in [0.25, 0.3) is 0 Å². The van der Waals surface area contributed by atoms with Gasteiger partial charge in [0, 0.05) is 43.9 Å². The van der Waals surface area contributed by atoms with E-state index in [2.05, 4.69) is 9.88 Å². The van der Waals surface area contributed by atoms with E-state index in [0.717, 1.165) is 49.5 Å². The molecule has 0 spiro atoms. The molecule has 1 fully saturated rings. The second-order valence-corrected chi connectivity index (χ2v) is 6.26.